The molecule has 0 atom stereocenters. The van der Waals surface area contributed by atoms with E-state index in [0.29, 0.717) is 0 Å². The van der Waals surface area contributed by atoms with E-state index in [1.54, 1.807) is 0 Å². The van der Waals surface area contributed by atoms with Gasteiger partial charge in [-0.1, -0.05) is 60.7 Å². The third kappa shape index (κ3) is 3.08. The van der Waals surface area contributed by atoms with E-state index in [4.69, 9.17) is 9.97 Å². The van der Waals surface area contributed by atoms with Crippen LogP contribution in [0, 0.1) is 0 Å². The number of nitrogens with zero attached hydrogens (tertiary/aromatic N) is 4. The van der Waals surface area contributed by atoms with E-state index < -0.39 is 0 Å². The van der Waals surface area contributed by atoms with Gasteiger partial charge < -0.3 is 9.80 Å². The van der Waals surface area contributed by atoms with Crippen LogP contribution >= 0.6 is 0 Å². The van der Waals surface area contributed by atoms with Crippen molar-refractivity contribution in [3.63, 3.8) is 0 Å². The number of anilines is 2. The van der Waals surface area contributed by atoms with Crippen molar-refractivity contribution in [2.45, 2.75) is 13.1 Å². The maximum atomic E-state index is 4.73. The maximum absolute atomic E-state index is 4.73. The molecule has 0 radical (unpaired) electrons. The highest BCUT2D eigenvalue weighted by molar-refractivity contribution is 6.18. The van der Waals surface area contributed by atoms with Crippen LogP contribution in [0.2, 0.25) is 0 Å². The molecule has 0 spiro atoms. The van der Waals surface area contributed by atoms with Gasteiger partial charge in [0.25, 0.3) is 0 Å². The number of hydrogen-bond acceptors (Lipinski definition) is 4. The standard InChI is InChI=1S/C27H22N4/c1-3-9-20(10-4-1)17-30-19-31(18-21-11-5-2-6-12-21)27-23-14-8-16-29-25(23)24-22(26(27)30)13-7-15-28-24/h1-16H,17-19H2. The molecular formula is C27H22N4. The first-order valence-corrected chi connectivity index (χ1v) is 10.6. The van der Waals surface area contributed by atoms with Crippen molar-refractivity contribution in [1.29, 1.82) is 0 Å². The number of rotatable bonds is 4. The summed E-state index contributed by atoms with van der Waals surface area (Å²) in [6.45, 7) is 2.54. The van der Waals surface area contributed by atoms with E-state index >= 15 is 0 Å². The van der Waals surface area contributed by atoms with Gasteiger partial charge in [0.05, 0.1) is 29.1 Å². The van der Waals surface area contributed by atoms with Crippen molar-refractivity contribution in [3.8, 4) is 0 Å². The van der Waals surface area contributed by atoms with E-state index in [1.807, 2.05) is 24.5 Å². The van der Waals surface area contributed by atoms with Crippen LogP contribution in [0.25, 0.3) is 21.8 Å². The molecule has 6 rings (SSSR count). The quantitative estimate of drug-likeness (QED) is 0.357. The zero-order valence-electron chi connectivity index (χ0n) is 17.1. The molecule has 0 amide bonds. The predicted molar refractivity (Wildman–Crippen MR) is 127 cm³/mol. The number of fused-ring (bicyclic) bond motifs is 6. The maximum Gasteiger partial charge on any atom is 0.0986 e. The fourth-order valence-electron chi connectivity index (χ4n) is 4.68. The first kappa shape index (κ1) is 17.9. The van der Waals surface area contributed by atoms with Crippen molar-refractivity contribution in [3.05, 3.63) is 108 Å². The molecule has 4 nitrogen and oxygen atoms in total. The summed E-state index contributed by atoms with van der Waals surface area (Å²) in [5, 5.41) is 2.32. The van der Waals surface area contributed by atoms with Crippen molar-refractivity contribution < 1.29 is 0 Å². The molecule has 0 bridgehead atoms. The number of benzene rings is 3. The summed E-state index contributed by atoms with van der Waals surface area (Å²) in [5.41, 5.74) is 7.05. The Bertz CT molecular complexity index is 1260. The lowest BCUT2D eigenvalue weighted by Gasteiger charge is -2.22. The minimum absolute atomic E-state index is 0.830. The molecule has 0 aliphatic carbocycles. The molecule has 0 fully saturated rings. The van der Waals surface area contributed by atoms with Gasteiger partial charge in [-0.25, -0.2) is 0 Å². The molecule has 31 heavy (non-hydrogen) atoms. The Hall–Kier alpha value is -3.92. The van der Waals surface area contributed by atoms with E-state index in [2.05, 4.69) is 82.6 Å². The molecule has 0 N–H and O–H groups in total. The van der Waals surface area contributed by atoms with Crippen molar-refractivity contribution in [1.82, 2.24) is 9.97 Å². The second-order valence-corrected chi connectivity index (χ2v) is 8.00. The lowest BCUT2D eigenvalue weighted by Crippen LogP contribution is -2.30. The number of pyridine rings is 2. The highest BCUT2D eigenvalue weighted by atomic mass is 15.4. The summed E-state index contributed by atoms with van der Waals surface area (Å²) in [6, 6.07) is 29.8. The SMILES string of the molecule is c1ccc(CN2CN(Cc3ccccc3)c3c2c2cccnc2c2ncccc32)cc1. The number of aromatic nitrogens is 2. The fraction of sp³-hybridized carbons (Fsp3) is 0.111. The topological polar surface area (TPSA) is 32.3 Å². The second-order valence-electron chi connectivity index (χ2n) is 8.00. The summed E-state index contributed by atoms with van der Waals surface area (Å²) in [7, 11) is 0. The number of hydrogen-bond donors (Lipinski definition) is 0. The lowest BCUT2D eigenvalue weighted by atomic mass is 10.0. The van der Waals surface area contributed by atoms with Crippen LogP contribution < -0.4 is 9.80 Å². The normalized spacial score (nSPS) is 13.2. The third-order valence-electron chi connectivity index (χ3n) is 5.98. The molecule has 4 heteroatoms. The van der Waals surface area contributed by atoms with Gasteiger partial charge in [-0.05, 0) is 35.4 Å². The van der Waals surface area contributed by atoms with Gasteiger partial charge in [-0.15, -0.1) is 0 Å². The molecule has 0 unspecified atom stereocenters. The van der Waals surface area contributed by atoms with Gasteiger partial charge in [-0.2, -0.15) is 0 Å². The average molecular weight is 403 g/mol. The van der Waals surface area contributed by atoms with E-state index in [-0.39, 0.29) is 0 Å². The molecule has 3 aromatic carbocycles. The van der Waals surface area contributed by atoms with Crippen molar-refractivity contribution >= 4 is 33.2 Å². The summed E-state index contributed by atoms with van der Waals surface area (Å²) in [5.74, 6) is 0. The lowest BCUT2D eigenvalue weighted by molar-refractivity contribution is 0.765. The summed E-state index contributed by atoms with van der Waals surface area (Å²) >= 11 is 0. The predicted octanol–water partition coefficient (Wildman–Crippen LogP) is 5.77. The van der Waals surface area contributed by atoms with Crippen molar-refractivity contribution in [2.24, 2.45) is 0 Å². The Balaban J connectivity index is 1.57. The largest absolute Gasteiger partial charge is 0.347 e. The van der Waals surface area contributed by atoms with Crippen LogP contribution in [0.4, 0.5) is 11.4 Å². The molecule has 1 aliphatic rings. The third-order valence-corrected chi connectivity index (χ3v) is 5.98. The van der Waals surface area contributed by atoms with Crippen LogP contribution in [0.15, 0.2) is 97.3 Å². The minimum atomic E-state index is 0.830. The molecule has 3 heterocycles. The average Bonchev–Trinajstić information content (AvgIpc) is 3.18. The van der Waals surface area contributed by atoms with Crippen LogP contribution in [-0.2, 0) is 13.1 Å². The van der Waals surface area contributed by atoms with Crippen LogP contribution in [-0.4, -0.2) is 16.6 Å². The minimum Gasteiger partial charge on any atom is -0.347 e. The molecule has 150 valence electrons. The van der Waals surface area contributed by atoms with Crippen LogP contribution in [0.3, 0.4) is 0 Å². The summed E-state index contributed by atoms with van der Waals surface area (Å²) in [4.78, 5) is 14.4. The Morgan fingerprint density at radius 2 is 1.00 bits per heavy atom. The smallest absolute Gasteiger partial charge is 0.0986 e. The van der Waals surface area contributed by atoms with Gasteiger partial charge in [-0.3, -0.25) is 9.97 Å². The monoisotopic (exact) mass is 402 g/mol. The molecule has 1 aliphatic heterocycles. The Labute approximate surface area is 181 Å². The van der Waals surface area contributed by atoms with E-state index in [9.17, 15) is 0 Å². The van der Waals surface area contributed by atoms with Gasteiger partial charge >= 0.3 is 0 Å². The zero-order valence-corrected chi connectivity index (χ0v) is 17.1. The Kier molecular flexibility index (Phi) is 4.27. The Morgan fingerprint density at radius 1 is 0.548 bits per heavy atom. The summed E-state index contributed by atoms with van der Waals surface area (Å²) in [6.07, 6.45) is 3.72. The summed E-state index contributed by atoms with van der Waals surface area (Å²) < 4.78 is 0. The van der Waals surface area contributed by atoms with Gasteiger partial charge in [0.15, 0.2) is 0 Å². The molecule has 0 saturated heterocycles. The van der Waals surface area contributed by atoms with Gasteiger partial charge in [0.2, 0.25) is 0 Å². The Morgan fingerprint density at radius 3 is 1.45 bits per heavy atom. The second kappa shape index (κ2) is 7.40. The first-order chi connectivity index (χ1) is 15.4. The molecule has 2 aromatic heterocycles. The van der Waals surface area contributed by atoms with Crippen molar-refractivity contribution in [2.75, 3.05) is 16.5 Å². The first-order valence-electron chi connectivity index (χ1n) is 10.6. The molecular weight excluding hydrogens is 380 g/mol. The van der Waals surface area contributed by atoms with Crippen LogP contribution in [0.5, 0.6) is 0 Å². The van der Waals surface area contributed by atoms with Crippen LogP contribution in [0.1, 0.15) is 11.1 Å². The van der Waals surface area contributed by atoms with E-state index in [1.165, 1.54) is 22.5 Å². The van der Waals surface area contributed by atoms with Gasteiger partial charge in [0, 0.05) is 36.3 Å². The molecule has 5 aromatic rings. The fourth-order valence-corrected chi connectivity index (χ4v) is 4.68. The van der Waals surface area contributed by atoms with E-state index in [0.717, 1.165) is 41.6 Å². The zero-order chi connectivity index (χ0) is 20.6. The highest BCUT2D eigenvalue weighted by Crippen LogP contribution is 2.47. The highest BCUT2D eigenvalue weighted by Gasteiger charge is 2.31. The van der Waals surface area contributed by atoms with Gasteiger partial charge in [0.1, 0.15) is 0 Å². The molecule has 0 saturated carbocycles.